The van der Waals surface area contributed by atoms with Gasteiger partial charge >= 0.3 is 0 Å². The van der Waals surface area contributed by atoms with Crippen LogP contribution in [-0.4, -0.2) is 67.8 Å². The van der Waals surface area contributed by atoms with E-state index < -0.39 is 37.3 Å². The molecule has 1 saturated heterocycles. The Labute approximate surface area is 114 Å². The highest BCUT2D eigenvalue weighted by Crippen LogP contribution is 2.34. The van der Waals surface area contributed by atoms with Crippen LogP contribution < -0.4 is 5.32 Å². The van der Waals surface area contributed by atoms with Crippen LogP contribution >= 0.6 is 0 Å². The number of anilines is 1. The molecule has 3 unspecified atom stereocenters. The van der Waals surface area contributed by atoms with E-state index in [0.717, 1.165) is 0 Å². The molecule has 9 nitrogen and oxygen atoms in total. The summed E-state index contributed by atoms with van der Waals surface area (Å²) in [5, 5.41) is 41.6. The van der Waals surface area contributed by atoms with Gasteiger partial charge in [-0.25, -0.2) is 4.98 Å². The predicted octanol–water partition coefficient (Wildman–Crippen LogP) is -2.02. The Bertz CT molecular complexity index is 519. The number of hydrogen-bond acceptors (Lipinski definition) is 8. The molecule has 0 spiro atoms. The van der Waals surface area contributed by atoms with Gasteiger partial charge in [0.05, 0.1) is 25.8 Å². The van der Waals surface area contributed by atoms with Crippen LogP contribution in [-0.2, 0) is 4.74 Å². The molecule has 3 rings (SSSR count). The summed E-state index contributed by atoms with van der Waals surface area (Å²) in [4.78, 5) is 8.03. The third kappa shape index (κ3) is 2.00. The van der Waals surface area contributed by atoms with Crippen LogP contribution in [0.2, 0.25) is 0 Å². The van der Waals surface area contributed by atoms with E-state index in [1.807, 2.05) is 0 Å². The number of nitrogens with one attached hydrogen (secondary N) is 1. The molecule has 0 saturated carbocycles. The molecule has 1 aromatic heterocycles. The van der Waals surface area contributed by atoms with Crippen molar-refractivity contribution in [1.82, 2.24) is 9.55 Å². The lowest BCUT2D eigenvalue weighted by atomic mass is 10.1. The first kappa shape index (κ1) is 13.5. The first-order valence-electron chi connectivity index (χ1n) is 6.25. The Balaban J connectivity index is 1.94. The van der Waals surface area contributed by atoms with Gasteiger partial charge in [-0.1, -0.05) is 0 Å². The average molecular weight is 284 g/mol. The lowest BCUT2D eigenvalue weighted by Gasteiger charge is -2.19. The molecule has 20 heavy (non-hydrogen) atoms. The maximum atomic E-state index is 10.0. The van der Waals surface area contributed by atoms with Gasteiger partial charge in [-0.2, -0.15) is 0 Å². The number of nitrogens with zero attached hydrogens (tertiary/aromatic N) is 3. The zero-order valence-corrected chi connectivity index (χ0v) is 10.5. The van der Waals surface area contributed by atoms with E-state index in [4.69, 9.17) is 9.84 Å². The van der Waals surface area contributed by atoms with E-state index in [2.05, 4.69) is 15.3 Å². The van der Waals surface area contributed by atoms with Crippen LogP contribution in [0.5, 0.6) is 0 Å². The second-order valence-electron chi connectivity index (χ2n) is 4.77. The molecule has 9 heteroatoms. The zero-order valence-electron chi connectivity index (χ0n) is 10.5. The third-order valence-electron chi connectivity index (χ3n) is 3.50. The van der Waals surface area contributed by atoms with E-state index >= 15 is 0 Å². The van der Waals surface area contributed by atoms with E-state index in [1.54, 1.807) is 0 Å². The van der Waals surface area contributed by atoms with Crippen LogP contribution in [0.25, 0.3) is 0 Å². The maximum absolute atomic E-state index is 10.0. The largest absolute Gasteiger partial charge is 0.394 e. The zero-order chi connectivity index (χ0) is 14.3. The molecule has 110 valence electrons. The van der Waals surface area contributed by atoms with Crippen LogP contribution in [0.3, 0.4) is 0 Å². The lowest BCUT2D eigenvalue weighted by molar-refractivity contribution is -0.0518. The number of aliphatic hydroxyl groups is 4. The van der Waals surface area contributed by atoms with E-state index in [1.165, 1.54) is 17.2 Å². The van der Waals surface area contributed by atoms with Crippen molar-refractivity contribution in [1.29, 1.82) is 0 Å². The predicted molar refractivity (Wildman–Crippen MR) is 67.2 cm³/mol. The second-order valence-corrected chi connectivity index (χ2v) is 4.77. The third-order valence-corrected chi connectivity index (χ3v) is 3.50. The van der Waals surface area contributed by atoms with Gasteiger partial charge in [-0.05, 0) is 0 Å². The van der Waals surface area contributed by atoms with E-state index in [0.29, 0.717) is 11.5 Å². The molecule has 0 amide bonds. The lowest BCUT2D eigenvalue weighted by Crippen LogP contribution is -2.33. The standard InChI is InChI=1S/C11H16N4O5/c16-2-6-8(18)9(19)11(20-6)15-4-14-7-5(17)1-12-3-13-10(7)15/h3-6,8-9,11,16-19H,1-2H2,(H,12,13)/t5?,6-,8?,9?,11-/m1/s1. The fraction of sp³-hybridized carbons (Fsp3) is 0.636. The van der Waals surface area contributed by atoms with Crippen molar-refractivity contribution < 1.29 is 25.2 Å². The minimum Gasteiger partial charge on any atom is -0.394 e. The quantitative estimate of drug-likeness (QED) is 0.423. The summed E-state index contributed by atoms with van der Waals surface area (Å²) in [6.07, 6.45) is -2.18. The number of aromatic nitrogens is 2. The molecule has 0 bridgehead atoms. The van der Waals surface area contributed by atoms with Gasteiger partial charge in [-0.15, -0.1) is 0 Å². The van der Waals surface area contributed by atoms with Gasteiger partial charge in [-0.3, -0.25) is 9.56 Å². The summed E-state index contributed by atoms with van der Waals surface area (Å²) < 4.78 is 6.90. The Morgan fingerprint density at radius 1 is 1.35 bits per heavy atom. The molecule has 2 aliphatic heterocycles. The van der Waals surface area contributed by atoms with Gasteiger partial charge in [0.25, 0.3) is 0 Å². The number of ether oxygens (including phenoxy) is 1. The Hall–Kier alpha value is -1.52. The molecule has 0 aliphatic carbocycles. The van der Waals surface area contributed by atoms with Crippen LogP contribution in [0.4, 0.5) is 5.82 Å². The molecule has 1 fully saturated rings. The smallest absolute Gasteiger partial charge is 0.165 e. The number of aliphatic hydroxyl groups excluding tert-OH is 4. The van der Waals surface area contributed by atoms with E-state index in [9.17, 15) is 15.3 Å². The number of aliphatic imine (C=N–C) groups is 1. The molecular formula is C11H16N4O5. The highest BCUT2D eigenvalue weighted by molar-refractivity contribution is 5.76. The minimum absolute atomic E-state index is 0.187. The molecule has 0 radical (unpaired) electrons. The molecular weight excluding hydrogens is 268 g/mol. The van der Waals surface area contributed by atoms with Crippen molar-refractivity contribution in [2.45, 2.75) is 30.6 Å². The van der Waals surface area contributed by atoms with Crippen molar-refractivity contribution in [3.8, 4) is 0 Å². The van der Waals surface area contributed by atoms with Gasteiger partial charge < -0.3 is 30.5 Å². The summed E-state index contributed by atoms with van der Waals surface area (Å²) in [6, 6.07) is 0. The first-order chi connectivity index (χ1) is 9.63. The SMILES string of the molecule is OC[C@H]1O[C@@H](n2cnc3c2NC=NCC3O)C(O)C1O. The van der Waals surface area contributed by atoms with Gasteiger partial charge in [0, 0.05) is 0 Å². The maximum Gasteiger partial charge on any atom is 0.165 e. The fourth-order valence-electron chi connectivity index (χ4n) is 2.42. The number of fused-ring (bicyclic) bond motifs is 1. The minimum atomic E-state index is -1.20. The average Bonchev–Trinajstić information content (AvgIpc) is 2.92. The van der Waals surface area contributed by atoms with Crippen molar-refractivity contribution >= 4 is 12.2 Å². The first-order valence-corrected chi connectivity index (χ1v) is 6.25. The van der Waals surface area contributed by atoms with Gasteiger partial charge in [0.15, 0.2) is 6.23 Å². The monoisotopic (exact) mass is 284 g/mol. The Morgan fingerprint density at radius 3 is 2.85 bits per heavy atom. The second kappa shape index (κ2) is 5.11. The molecule has 1 aromatic rings. The number of hydrogen-bond donors (Lipinski definition) is 5. The Kier molecular flexibility index (Phi) is 3.44. The van der Waals surface area contributed by atoms with Gasteiger partial charge in [0.1, 0.15) is 35.9 Å². The summed E-state index contributed by atoms with van der Waals surface area (Å²) >= 11 is 0. The summed E-state index contributed by atoms with van der Waals surface area (Å²) in [7, 11) is 0. The molecule has 5 N–H and O–H groups in total. The highest BCUT2D eigenvalue weighted by atomic mass is 16.6. The van der Waals surface area contributed by atoms with Crippen molar-refractivity contribution in [3.05, 3.63) is 12.0 Å². The summed E-state index contributed by atoms with van der Waals surface area (Å²) in [5.74, 6) is 0.439. The summed E-state index contributed by atoms with van der Waals surface area (Å²) in [5.41, 5.74) is 0.389. The topological polar surface area (TPSA) is 132 Å². The molecule has 2 aliphatic rings. The number of rotatable bonds is 2. The van der Waals surface area contributed by atoms with Crippen LogP contribution in [0, 0.1) is 0 Å². The van der Waals surface area contributed by atoms with Crippen molar-refractivity contribution in [3.63, 3.8) is 0 Å². The fourth-order valence-corrected chi connectivity index (χ4v) is 2.42. The van der Waals surface area contributed by atoms with Crippen LogP contribution in [0.15, 0.2) is 11.3 Å². The van der Waals surface area contributed by atoms with Crippen molar-refractivity contribution in [2.24, 2.45) is 4.99 Å². The van der Waals surface area contributed by atoms with Gasteiger partial charge in [0.2, 0.25) is 0 Å². The number of imidazole rings is 1. The normalized spacial score (nSPS) is 36.5. The van der Waals surface area contributed by atoms with Crippen molar-refractivity contribution in [2.75, 3.05) is 18.5 Å². The molecule has 3 heterocycles. The summed E-state index contributed by atoms with van der Waals surface area (Å²) in [6.45, 7) is -0.212. The van der Waals surface area contributed by atoms with Crippen LogP contribution in [0.1, 0.15) is 18.0 Å². The van der Waals surface area contributed by atoms with E-state index in [-0.39, 0.29) is 6.54 Å². The molecule has 5 atom stereocenters. The molecule has 0 aromatic carbocycles. The highest BCUT2D eigenvalue weighted by Gasteiger charge is 2.44. The Morgan fingerprint density at radius 2 is 2.15 bits per heavy atom.